The second kappa shape index (κ2) is 3.25. The number of hydrogen-bond donors (Lipinski definition) is 1. The maximum absolute atomic E-state index is 13.3. The fourth-order valence-corrected chi connectivity index (χ4v) is 1.70. The average molecular weight is 215 g/mol. The molecule has 0 spiro atoms. The van der Waals surface area contributed by atoms with E-state index >= 15 is 0 Å². The van der Waals surface area contributed by atoms with Crippen LogP contribution in [0.4, 0.5) is 13.2 Å². The Morgan fingerprint density at radius 3 is 2.13 bits per heavy atom. The minimum Gasteiger partial charge on any atom is -0.349 e. The Balaban J connectivity index is 2.48. The van der Waals surface area contributed by atoms with Crippen LogP contribution >= 0.6 is 0 Å². The molecule has 0 bridgehead atoms. The summed E-state index contributed by atoms with van der Waals surface area (Å²) in [5.74, 6) is -2.88. The smallest absolute Gasteiger partial charge is 0.207 e. The summed E-state index contributed by atoms with van der Waals surface area (Å²) in [4.78, 5) is 10.3. The molecule has 1 fully saturated rings. The Morgan fingerprint density at radius 2 is 1.73 bits per heavy atom. The summed E-state index contributed by atoms with van der Waals surface area (Å²) < 4.78 is 39.3. The molecular weight excluding hydrogens is 207 g/mol. The second-order valence-electron chi connectivity index (χ2n) is 3.59. The van der Waals surface area contributed by atoms with Crippen molar-refractivity contribution in [2.45, 2.75) is 18.4 Å². The van der Waals surface area contributed by atoms with Gasteiger partial charge in [0.25, 0.3) is 0 Å². The Kier molecular flexibility index (Phi) is 2.17. The van der Waals surface area contributed by atoms with Gasteiger partial charge in [-0.05, 0) is 12.8 Å². The van der Waals surface area contributed by atoms with Crippen LogP contribution in [0.15, 0.2) is 12.1 Å². The van der Waals surface area contributed by atoms with Gasteiger partial charge in [-0.1, -0.05) is 0 Å². The van der Waals surface area contributed by atoms with Gasteiger partial charge < -0.3 is 5.32 Å². The van der Waals surface area contributed by atoms with E-state index in [1.807, 2.05) is 0 Å². The van der Waals surface area contributed by atoms with E-state index in [2.05, 4.69) is 5.32 Å². The zero-order chi connectivity index (χ0) is 11.1. The molecule has 1 amide bonds. The Bertz CT molecular complexity index is 392. The normalized spacial score (nSPS) is 17.3. The van der Waals surface area contributed by atoms with Gasteiger partial charge in [-0.3, -0.25) is 4.79 Å². The zero-order valence-electron chi connectivity index (χ0n) is 7.69. The van der Waals surface area contributed by atoms with Gasteiger partial charge in [0.05, 0.1) is 5.54 Å². The van der Waals surface area contributed by atoms with Gasteiger partial charge in [0.2, 0.25) is 6.41 Å². The van der Waals surface area contributed by atoms with Crippen LogP contribution in [0.1, 0.15) is 18.4 Å². The molecule has 0 aromatic heterocycles. The monoisotopic (exact) mass is 215 g/mol. The zero-order valence-corrected chi connectivity index (χ0v) is 7.69. The number of carbonyl (C=O) groups is 1. The van der Waals surface area contributed by atoms with E-state index in [1.165, 1.54) is 0 Å². The summed E-state index contributed by atoms with van der Waals surface area (Å²) in [6.07, 6.45) is 1.33. The summed E-state index contributed by atoms with van der Waals surface area (Å²) in [5, 5.41) is 2.37. The Morgan fingerprint density at radius 1 is 1.20 bits per heavy atom. The molecular formula is C10H8F3NO. The van der Waals surface area contributed by atoms with Crippen LogP contribution in [0.25, 0.3) is 0 Å². The molecule has 0 unspecified atom stereocenters. The number of halogens is 3. The summed E-state index contributed by atoms with van der Waals surface area (Å²) >= 11 is 0. The third-order valence-corrected chi connectivity index (χ3v) is 2.57. The first-order valence-electron chi connectivity index (χ1n) is 4.45. The SMILES string of the molecule is O=CNC1(c2c(F)cc(F)cc2F)CC1. The first kappa shape index (κ1) is 10.0. The molecule has 0 aliphatic heterocycles. The molecule has 5 heteroatoms. The van der Waals surface area contributed by atoms with Crippen LogP contribution in [0.3, 0.4) is 0 Å². The highest BCUT2D eigenvalue weighted by Gasteiger charge is 2.48. The molecule has 2 nitrogen and oxygen atoms in total. The third kappa shape index (κ3) is 1.58. The van der Waals surface area contributed by atoms with Crippen LogP contribution in [0.2, 0.25) is 0 Å². The minimum atomic E-state index is -0.969. The molecule has 0 heterocycles. The van der Waals surface area contributed by atoms with Gasteiger partial charge in [-0.25, -0.2) is 13.2 Å². The maximum atomic E-state index is 13.3. The summed E-state index contributed by atoms with van der Waals surface area (Å²) in [6, 6.07) is 1.23. The van der Waals surface area contributed by atoms with Crippen molar-refractivity contribution in [2.24, 2.45) is 0 Å². The second-order valence-corrected chi connectivity index (χ2v) is 3.59. The van der Waals surface area contributed by atoms with Crippen molar-refractivity contribution in [1.29, 1.82) is 0 Å². The van der Waals surface area contributed by atoms with E-state index in [4.69, 9.17) is 0 Å². The predicted octanol–water partition coefficient (Wildman–Crippen LogP) is 1.84. The van der Waals surface area contributed by atoms with Gasteiger partial charge in [-0.2, -0.15) is 0 Å². The fourth-order valence-electron chi connectivity index (χ4n) is 1.70. The van der Waals surface area contributed by atoms with Gasteiger partial charge in [0, 0.05) is 17.7 Å². The van der Waals surface area contributed by atoms with Gasteiger partial charge >= 0.3 is 0 Å². The highest BCUT2D eigenvalue weighted by molar-refractivity contribution is 5.52. The molecule has 0 atom stereocenters. The summed E-state index contributed by atoms with van der Waals surface area (Å²) in [7, 11) is 0. The molecule has 0 saturated heterocycles. The molecule has 15 heavy (non-hydrogen) atoms. The van der Waals surface area contributed by atoms with Gasteiger partial charge in [-0.15, -0.1) is 0 Å². The average Bonchev–Trinajstić information content (AvgIpc) is 2.83. The Hall–Kier alpha value is -1.52. The van der Waals surface area contributed by atoms with Crippen molar-refractivity contribution in [3.05, 3.63) is 35.1 Å². The molecule has 1 aliphatic carbocycles. The molecule has 1 aromatic rings. The van der Waals surface area contributed by atoms with Gasteiger partial charge in [0.15, 0.2) is 0 Å². The highest BCUT2D eigenvalue weighted by atomic mass is 19.1. The van der Waals surface area contributed by atoms with Crippen LogP contribution in [-0.4, -0.2) is 6.41 Å². The lowest BCUT2D eigenvalue weighted by Crippen LogP contribution is -2.29. The van der Waals surface area contributed by atoms with E-state index in [0.717, 1.165) is 0 Å². The van der Waals surface area contributed by atoms with Gasteiger partial charge in [0.1, 0.15) is 17.5 Å². The molecule has 1 aromatic carbocycles. The van der Waals surface area contributed by atoms with E-state index in [0.29, 0.717) is 31.4 Å². The molecule has 1 saturated carbocycles. The molecule has 1 N–H and O–H groups in total. The lowest BCUT2D eigenvalue weighted by molar-refractivity contribution is -0.110. The van der Waals surface area contributed by atoms with Crippen LogP contribution in [0.5, 0.6) is 0 Å². The van der Waals surface area contributed by atoms with Crippen molar-refractivity contribution in [2.75, 3.05) is 0 Å². The molecule has 1 aliphatic rings. The van der Waals surface area contributed by atoms with Crippen LogP contribution < -0.4 is 5.32 Å². The fraction of sp³-hybridized carbons (Fsp3) is 0.300. The number of nitrogens with one attached hydrogen (secondary N) is 1. The van der Waals surface area contributed by atoms with Crippen molar-refractivity contribution < 1.29 is 18.0 Å². The van der Waals surface area contributed by atoms with Crippen molar-refractivity contribution >= 4 is 6.41 Å². The molecule has 80 valence electrons. The van der Waals surface area contributed by atoms with E-state index in [-0.39, 0.29) is 5.56 Å². The van der Waals surface area contributed by atoms with E-state index in [1.54, 1.807) is 0 Å². The van der Waals surface area contributed by atoms with Crippen LogP contribution in [0, 0.1) is 17.5 Å². The van der Waals surface area contributed by atoms with E-state index < -0.39 is 23.0 Å². The third-order valence-electron chi connectivity index (χ3n) is 2.57. The number of carbonyl (C=O) groups excluding carboxylic acids is 1. The van der Waals surface area contributed by atoms with Crippen molar-refractivity contribution in [1.82, 2.24) is 5.32 Å². The first-order chi connectivity index (χ1) is 7.09. The number of hydrogen-bond acceptors (Lipinski definition) is 1. The first-order valence-corrected chi connectivity index (χ1v) is 4.45. The summed E-state index contributed by atoms with van der Waals surface area (Å²) in [6.45, 7) is 0. The van der Waals surface area contributed by atoms with Crippen LogP contribution in [-0.2, 0) is 10.3 Å². The quantitative estimate of drug-likeness (QED) is 0.766. The Labute approximate surface area is 84.1 Å². The highest BCUT2D eigenvalue weighted by Crippen LogP contribution is 2.47. The number of amides is 1. The van der Waals surface area contributed by atoms with Crippen molar-refractivity contribution in [3.8, 4) is 0 Å². The lowest BCUT2D eigenvalue weighted by atomic mass is 10.0. The molecule has 0 radical (unpaired) electrons. The summed E-state index contributed by atoms with van der Waals surface area (Å²) in [5.41, 5.74) is -1.22. The number of benzene rings is 1. The predicted molar refractivity (Wildman–Crippen MR) is 46.4 cm³/mol. The lowest BCUT2D eigenvalue weighted by Gasteiger charge is -2.16. The maximum Gasteiger partial charge on any atom is 0.207 e. The number of rotatable bonds is 3. The molecule has 2 rings (SSSR count). The van der Waals surface area contributed by atoms with E-state index in [9.17, 15) is 18.0 Å². The largest absolute Gasteiger partial charge is 0.349 e. The topological polar surface area (TPSA) is 29.1 Å². The minimum absolute atomic E-state index is 0.254. The van der Waals surface area contributed by atoms with Crippen molar-refractivity contribution in [3.63, 3.8) is 0 Å². The standard InChI is InChI=1S/C10H8F3NO/c11-6-3-7(12)9(8(13)4-6)10(1-2-10)14-5-15/h3-5H,1-2H2,(H,14,15).